The summed E-state index contributed by atoms with van der Waals surface area (Å²) in [5.41, 5.74) is -2.36. The minimum atomic E-state index is -1.63. The van der Waals surface area contributed by atoms with E-state index in [4.69, 9.17) is 0 Å². The quantitative estimate of drug-likeness (QED) is 0.364. The van der Waals surface area contributed by atoms with Crippen LogP contribution in [0.25, 0.3) is 0 Å². The van der Waals surface area contributed by atoms with Crippen LogP contribution in [0.3, 0.4) is 0 Å². The summed E-state index contributed by atoms with van der Waals surface area (Å²) in [5, 5.41) is 19.4. The first kappa shape index (κ1) is 14.7. The molecule has 0 fully saturated rings. The average molecular weight is 184 g/mol. The van der Waals surface area contributed by atoms with Gasteiger partial charge in [-0.2, -0.15) is 0 Å². The van der Waals surface area contributed by atoms with E-state index in [0.29, 0.717) is 0 Å². The Balaban J connectivity index is 0. The Morgan fingerprint density at radius 1 is 1.33 bits per heavy atom. The van der Waals surface area contributed by atoms with E-state index in [0.717, 1.165) is 0 Å². The fourth-order valence-electron chi connectivity index (χ4n) is 0.333. The molecule has 4 nitrogen and oxygen atoms in total. The van der Waals surface area contributed by atoms with Crippen molar-refractivity contribution >= 4 is 6.16 Å². The minimum absolute atomic E-state index is 0. The second-order valence-electron chi connectivity index (χ2n) is 3.42. The Kier molecular flexibility index (Phi) is 5.48. The van der Waals surface area contributed by atoms with Gasteiger partial charge in [-0.25, -0.2) is 0 Å². The maximum atomic E-state index is 10.0. The summed E-state index contributed by atoms with van der Waals surface area (Å²) in [6, 6.07) is 0. The molecule has 0 spiro atoms. The van der Waals surface area contributed by atoms with E-state index in [1.165, 1.54) is 27.7 Å². The molecule has 0 heterocycles. The molecule has 0 aromatic rings. The van der Waals surface area contributed by atoms with Gasteiger partial charge in [0.15, 0.2) is 0 Å². The van der Waals surface area contributed by atoms with Crippen LogP contribution in [0.2, 0.25) is 0 Å². The van der Waals surface area contributed by atoms with Crippen molar-refractivity contribution in [3.05, 3.63) is 0 Å². The first-order chi connectivity index (χ1) is 4.67. The van der Waals surface area contributed by atoms with E-state index in [1.54, 1.807) is 0 Å². The van der Waals surface area contributed by atoms with Gasteiger partial charge in [-0.05, 0) is 27.7 Å². The molecular formula is C7H13NaO4. The molecule has 0 atom stereocenters. The number of carboxylic acid groups (broad SMARTS) is 1. The maximum absolute atomic E-state index is 10.0. The Morgan fingerprint density at radius 3 is 1.75 bits per heavy atom. The van der Waals surface area contributed by atoms with E-state index in [-0.39, 0.29) is 29.6 Å². The normalized spacial score (nSPS) is 11.8. The SMILES string of the molecule is CC(C)(O)C(C)(C)OC(=O)[O-].[Na+]. The number of hydrogen-bond donors (Lipinski definition) is 1. The summed E-state index contributed by atoms with van der Waals surface area (Å²) in [7, 11) is 0. The van der Waals surface area contributed by atoms with Gasteiger partial charge in [0.25, 0.3) is 6.16 Å². The van der Waals surface area contributed by atoms with Crippen molar-refractivity contribution in [3.8, 4) is 0 Å². The Labute approximate surface area is 94.2 Å². The molecular weight excluding hydrogens is 171 g/mol. The molecule has 0 aromatic carbocycles. The number of aliphatic hydroxyl groups is 1. The maximum Gasteiger partial charge on any atom is 1.00 e. The smallest absolute Gasteiger partial charge is 0.541 e. The van der Waals surface area contributed by atoms with Crippen LogP contribution in [0.15, 0.2) is 0 Å². The molecule has 0 saturated heterocycles. The van der Waals surface area contributed by atoms with Gasteiger partial charge in [0.1, 0.15) is 0 Å². The number of rotatable bonds is 2. The van der Waals surface area contributed by atoms with Crippen molar-refractivity contribution in [1.29, 1.82) is 0 Å². The third kappa shape index (κ3) is 4.30. The van der Waals surface area contributed by atoms with Crippen LogP contribution in [0.4, 0.5) is 4.79 Å². The monoisotopic (exact) mass is 184 g/mol. The summed E-state index contributed by atoms with van der Waals surface area (Å²) in [6.45, 7) is 5.89. The zero-order chi connectivity index (χ0) is 9.28. The molecule has 5 heteroatoms. The van der Waals surface area contributed by atoms with Gasteiger partial charge in [0.2, 0.25) is 0 Å². The number of carbonyl (C=O) groups excluding carboxylic acids is 1. The van der Waals surface area contributed by atoms with Crippen LogP contribution in [-0.2, 0) is 4.74 Å². The van der Waals surface area contributed by atoms with E-state index in [1.807, 2.05) is 0 Å². The summed E-state index contributed by atoms with van der Waals surface area (Å²) >= 11 is 0. The molecule has 0 aromatic heterocycles. The summed E-state index contributed by atoms with van der Waals surface area (Å²) in [4.78, 5) is 10.0. The van der Waals surface area contributed by atoms with Crippen molar-refractivity contribution in [2.24, 2.45) is 0 Å². The summed E-state index contributed by atoms with van der Waals surface area (Å²) in [5.74, 6) is 0. The second-order valence-corrected chi connectivity index (χ2v) is 3.42. The topological polar surface area (TPSA) is 69.6 Å². The zero-order valence-corrected chi connectivity index (χ0v) is 10.2. The summed E-state index contributed by atoms with van der Waals surface area (Å²) < 4.78 is 4.36. The van der Waals surface area contributed by atoms with Crippen molar-refractivity contribution in [2.75, 3.05) is 0 Å². The molecule has 12 heavy (non-hydrogen) atoms. The van der Waals surface area contributed by atoms with Crippen LogP contribution in [-0.4, -0.2) is 22.5 Å². The molecule has 1 N–H and O–H groups in total. The van der Waals surface area contributed by atoms with E-state index >= 15 is 0 Å². The number of carbonyl (C=O) groups is 1. The van der Waals surface area contributed by atoms with Gasteiger partial charge in [0.05, 0.1) is 11.2 Å². The Hall–Kier alpha value is 0.230. The second kappa shape index (κ2) is 4.46. The minimum Gasteiger partial charge on any atom is -0.541 e. The first-order valence-corrected chi connectivity index (χ1v) is 3.29. The van der Waals surface area contributed by atoms with Crippen LogP contribution in [0, 0.1) is 0 Å². The standard InChI is InChI=1S/C7H14O4.Na/c1-6(2,10)7(3,4)11-5(8)9;/h10H,1-4H3,(H,8,9);/q;+1/p-1. The molecule has 0 rings (SSSR count). The predicted octanol–water partition coefficient (Wildman–Crippen LogP) is -3.10. The van der Waals surface area contributed by atoms with Gasteiger partial charge in [0, 0.05) is 0 Å². The largest absolute Gasteiger partial charge is 1.00 e. The molecule has 0 aliphatic rings. The van der Waals surface area contributed by atoms with Gasteiger partial charge in [-0.3, -0.25) is 0 Å². The molecule has 0 amide bonds. The van der Waals surface area contributed by atoms with Crippen LogP contribution >= 0.6 is 0 Å². The van der Waals surface area contributed by atoms with Gasteiger partial charge >= 0.3 is 29.6 Å². The number of ether oxygens (including phenoxy) is 1. The predicted molar refractivity (Wildman–Crippen MR) is 36.9 cm³/mol. The fraction of sp³-hybridized carbons (Fsp3) is 0.857. The molecule has 0 radical (unpaired) electrons. The van der Waals surface area contributed by atoms with E-state index in [9.17, 15) is 15.0 Å². The van der Waals surface area contributed by atoms with E-state index < -0.39 is 17.4 Å². The molecule has 0 saturated carbocycles. The Bertz CT molecular complexity index is 159. The van der Waals surface area contributed by atoms with Gasteiger partial charge in [-0.15, -0.1) is 0 Å². The van der Waals surface area contributed by atoms with Crippen LogP contribution in [0.5, 0.6) is 0 Å². The van der Waals surface area contributed by atoms with Gasteiger partial charge < -0.3 is 19.7 Å². The fourth-order valence-corrected chi connectivity index (χ4v) is 0.333. The van der Waals surface area contributed by atoms with Crippen LogP contribution in [0.1, 0.15) is 27.7 Å². The molecule has 66 valence electrons. The zero-order valence-electron chi connectivity index (χ0n) is 8.17. The van der Waals surface area contributed by atoms with Crippen molar-refractivity contribution in [1.82, 2.24) is 0 Å². The van der Waals surface area contributed by atoms with E-state index in [2.05, 4.69) is 4.74 Å². The average Bonchev–Trinajstić information content (AvgIpc) is 1.56. The summed E-state index contributed by atoms with van der Waals surface area (Å²) in [6.07, 6.45) is -1.63. The van der Waals surface area contributed by atoms with Crippen LogP contribution < -0.4 is 34.7 Å². The molecule has 0 aliphatic heterocycles. The molecule has 0 aliphatic carbocycles. The number of hydrogen-bond acceptors (Lipinski definition) is 4. The van der Waals surface area contributed by atoms with Gasteiger partial charge in [-0.1, -0.05) is 0 Å². The van der Waals surface area contributed by atoms with Crippen molar-refractivity contribution in [3.63, 3.8) is 0 Å². The molecule has 0 bridgehead atoms. The van der Waals surface area contributed by atoms with Crippen molar-refractivity contribution < 1.29 is 49.3 Å². The van der Waals surface area contributed by atoms with Crippen molar-refractivity contribution in [2.45, 2.75) is 38.9 Å². The first-order valence-electron chi connectivity index (χ1n) is 3.29. The third-order valence-electron chi connectivity index (χ3n) is 1.81. The third-order valence-corrected chi connectivity index (χ3v) is 1.81. The Morgan fingerprint density at radius 2 is 1.67 bits per heavy atom. The molecule has 0 unspecified atom stereocenters.